The van der Waals surface area contributed by atoms with Crippen molar-refractivity contribution in [2.45, 2.75) is 6.92 Å². The van der Waals surface area contributed by atoms with Gasteiger partial charge in [0.1, 0.15) is 5.69 Å². The fraction of sp³-hybridized carbons (Fsp3) is 0.167. The molecule has 19 heavy (non-hydrogen) atoms. The van der Waals surface area contributed by atoms with Crippen molar-refractivity contribution in [1.29, 1.82) is 0 Å². The highest BCUT2D eigenvalue weighted by atomic mass is 15.6. The summed E-state index contributed by atoms with van der Waals surface area (Å²) in [5, 5.41) is 16.6. The number of tetrazole rings is 1. The van der Waals surface area contributed by atoms with Crippen molar-refractivity contribution >= 4 is 5.69 Å². The van der Waals surface area contributed by atoms with Gasteiger partial charge in [-0.3, -0.25) is 0 Å². The summed E-state index contributed by atoms with van der Waals surface area (Å²) in [6.07, 6.45) is 0. The zero-order valence-electron chi connectivity index (χ0n) is 10.6. The SMILES string of the molecule is Cc1nn(C)c(-n2nnc(-c3ccccc3)n2)c1N. The first-order valence-corrected chi connectivity index (χ1v) is 5.81. The number of nitrogens with zero attached hydrogens (tertiary/aromatic N) is 6. The number of hydrogen-bond acceptors (Lipinski definition) is 5. The van der Waals surface area contributed by atoms with Gasteiger partial charge in [0.2, 0.25) is 5.82 Å². The fourth-order valence-corrected chi connectivity index (χ4v) is 1.91. The quantitative estimate of drug-likeness (QED) is 0.736. The molecule has 0 saturated carbocycles. The highest BCUT2D eigenvalue weighted by Crippen LogP contribution is 2.19. The number of aryl methyl sites for hydroxylation is 2. The van der Waals surface area contributed by atoms with Crippen LogP contribution in [0.5, 0.6) is 0 Å². The second-order valence-corrected chi connectivity index (χ2v) is 4.21. The normalized spacial score (nSPS) is 10.8. The van der Waals surface area contributed by atoms with Crippen LogP contribution in [0, 0.1) is 6.92 Å². The molecule has 2 aromatic heterocycles. The van der Waals surface area contributed by atoms with Gasteiger partial charge in [0, 0.05) is 12.6 Å². The summed E-state index contributed by atoms with van der Waals surface area (Å²) in [5.74, 6) is 1.17. The molecule has 1 aromatic carbocycles. The van der Waals surface area contributed by atoms with Gasteiger partial charge in [0.25, 0.3) is 0 Å². The smallest absolute Gasteiger partial charge is 0.205 e. The van der Waals surface area contributed by atoms with Crippen LogP contribution >= 0.6 is 0 Å². The van der Waals surface area contributed by atoms with Crippen LogP contribution in [-0.4, -0.2) is 30.0 Å². The molecule has 96 valence electrons. The van der Waals surface area contributed by atoms with E-state index in [4.69, 9.17) is 5.73 Å². The molecule has 0 amide bonds. The molecule has 3 rings (SSSR count). The van der Waals surface area contributed by atoms with E-state index in [2.05, 4.69) is 20.5 Å². The Hall–Kier alpha value is -2.70. The van der Waals surface area contributed by atoms with Gasteiger partial charge >= 0.3 is 0 Å². The Morgan fingerprint density at radius 3 is 2.47 bits per heavy atom. The van der Waals surface area contributed by atoms with E-state index in [0.717, 1.165) is 11.3 Å². The van der Waals surface area contributed by atoms with Crippen LogP contribution in [0.25, 0.3) is 17.2 Å². The maximum Gasteiger partial charge on any atom is 0.205 e. The number of rotatable bonds is 2. The summed E-state index contributed by atoms with van der Waals surface area (Å²) in [5.41, 5.74) is 8.18. The monoisotopic (exact) mass is 255 g/mol. The second kappa shape index (κ2) is 4.20. The molecule has 0 radical (unpaired) electrons. The van der Waals surface area contributed by atoms with E-state index in [9.17, 15) is 0 Å². The molecule has 0 spiro atoms. The molecule has 7 heteroatoms. The van der Waals surface area contributed by atoms with Gasteiger partial charge in [0.15, 0.2) is 5.82 Å². The summed E-state index contributed by atoms with van der Waals surface area (Å²) >= 11 is 0. The summed E-state index contributed by atoms with van der Waals surface area (Å²) in [6, 6.07) is 9.66. The van der Waals surface area contributed by atoms with Crippen LogP contribution in [0.1, 0.15) is 5.69 Å². The lowest BCUT2D eigenvalue weighted by atomic mass is 10.2. The summed E-state index contributed by atoms with van der Waals surface area (Å²) in [7, 11) is 1.80. The number of hydrogen-bond donors (Lipinski definition) is 1. The number of nitrogen functional groups attached to an aromatic ring is 1. The lowest BCUT2D eigenvalue weighted by Crippen LogP contribution is -2.08. The van der Waals surface area contributed by atoms with Crippen LogP contribution < -0.4 is 5.73 Å². The largest absolute Gasteiger partial charge is 0.394 e. The number of nitrogens with two attached hydrogens (primary N) is 1. The third-order valence-corrected chi connectivity index (χ3v) is 2.87. The minimum atomic E-state index is 0.554. The van der Waals surface area contributed by atoms with Crippen molar-refractivity contribution in [1.82, 2.24) is 30.0 Å². The standard InChI is InChI=1S/C12H13N7/c1-8-10(13)12(18(2)15-8)19-16-11(14-17-19)9-6-4-3-5-7-9/h3-7H,13H2,1-2H3. The van der Waals surface area contributed by atoms with Gasteiger partial charge in [-0.05, 0) is 12.1 Å². The van der Waals surface area contributed by atoms with Crippen molar-refractivity contribution in [2.24, 2.45) is 7.05 Å². The van der Waals surface area contributed by atoms with Gasteiger partial charge in [0.05, 0.1) is 5.69 Å². The first-order valence-electron chi connectivity index (χ1n) is 5.81. The van der Waals surface area contributed by atoms with E-state index in [-0.39, 0.29) is 0 Å². The third kappa shape index (κ3) is 1.85. The fourth-order valence-electron chi connectivity index (χ4n) is 1.91. The molecule has 0 aliphatic heterocycles. The molecule has 0 unspecified atom stereocenters. The van der Waals surface area contributed by atoms with E-state index < -0.39 is 0 Å². The predicted octanol–water partition coefficient (Wildman–Crippen LogP) is 0.953. The highest BCUT2D eigenvalue weighted by molar-refractivity contribution is 5.57. The Morgan fingerprint density at radius 2 is 1.84 bits per heavy atom. The highest BCUT2D eigenvalue weighted by Gasteiger charge is 2.15. The molecule has 2 N–H and O–H groups in total. The van der Waals surface area contributed by atoms with Crippen LogP contribution in [-0.2, 0) is 7.05 Å². The van der Waals surface area contributed by atoms with Crippen molar-refractivity contribution in [3.63, 3.8) is 0 Å². The van der Waals surface area contributed by atoms with Crippen molar-refractivity contribution in [3.8, 4) is 17.2 Å². The maximum atomic E-state index is 5.97. The first-order chi connectivity index (χ1) is 9.16. The molecular weight excluding hydrogens is 242 g/mol. The Labute approximate surface area is 109 Å². The third-order valence-electron chi connectivity index (χ3n) is 2.87. The molecule has 0 atom stereocenters. The molecule has 0 bridgehead atoms. The van der Waals surface area contributed by atoms with Gasteiger partial charge in [-0.1, -0.05) is 30.3 Å². The average Bonchev–Trinajstić information content (AvgIpc) is 2.97. The Balaban J connectivity index is 2.07. The van der Waals surface area contributed by atoms with Crippen LogP contribution in [0.2, 0.25) is 0 Å². The van der Waals surface area contributed by atoms with Gasteiger partial charge in [-0.15, -0.1) is 15.0 Å². The molecule has 2 heterocycles. The molecule has 0 aliphatic carbocycles. The van der Waals surface area contributed by atoms with Crippen molar-refractivity contribution in [3.05, 3.63) is 36.0 Å². The average molecular weight is 255 g/mol. The van der Waals surface area contributed by atoms with E-state index >= 15 is 0 Å². The molecule has 0 saturated heterocycles. The molecule has 3 aromatic rings. The first kappa shape index (κ1) is 11.4. The number of aromatic nitrogens is 6. The van der Waals surface area contributed by atoms with Crippen LogP contribution in [0.4, 0.5) is 5.69 Å². The minimum absolute atomic E-state index is 0.554. The number of benzene rings is 1. The predicted molar refractivity (Wildman–Crippen MR) is 70.5 cm³/mol. The second-order valence-electron chi connectivity index (χ2n) is 4.21. The van der Waals surface area contributed by atoms with Gasteiger partial charge in [-0.2, -0.15) is 5.10 Å². The number of anilines is 1. The topological polar surface area (TPSA) is 87.4 Å². The molecule has 7 nitrogen and oxygen atoms in total. The Morgan fingerprint density at radius 1 is 1.11 bits per heavy atom. The molecule has 0 aliphatic rings. The van der Waals surface area contributed by atoms with E-state index in [1.54, 1.807) is 11.7 Å². The summed E-state index contributed by atoms with van der Waals surface area (Å²) in [6.45, 7) is 1.84. The van der Waals surface area contributed by atoms with E-state index in [0.29, 0.717) is 17.3 Å². The molecule has 0 fully saturated rings. The maximum absolute atomic E-state index is 5.97. The Kier molecular flexibility index (Phi) is 2.52. The zero-order valence-corrected chi connectivity index (χ0v) is 10.6. The summed E-state index contributed by atoms with van der Waals surface area (Å²) in [4.78, 5) is 1.40. The van der Waals surface area contributed by atoms with Crippen LogP contribution in [0.15, 0.2) is 30.3 Å². The van der Waals surface area contributed by atoms with Gasteiger partial charge < -0.3 is 5.73 Å². The lowest BCUT2D eigenvalue weighted by molar-refractivity contribution is 0.634. The molecular formula is C12H13N7. The van der Waals surface area contributed by atoms with Crippen molar-refractivity contribution in [2.75, 3.05) is 5.73 Å². The van der Waals surface area contributed by atoms with Crippen LogP contribution in [0.3, 0.4) is 0 Å². The summed E-state index contributed by atoms with van der Waals surface area (Å²) < 4.78 is 1.64. The van der Waals surface area contributed by atoms with E-state index in [1.807, 2.05) is 37.3 Å². The minimum Gasteiger partial charge on any atom is -0.394 e. The Bertz CT molecular complexity index is 711. The van der Waals surface area contributed by atoms with E-state index in [1.165, 1.54) is 4.80 Å². The zero-order chi connectivity index (χ0) is 13.4. The lowest BCUT2D eigenvalue weighted by Gasteiger charge is -1.99. The van der Waals surface area contributed by atoms with Gasteiger partial charge in [-0.25, -0.2) is 4.68 Å². The van der Waals surface area contributed by atoms with Crippen molar-refractivity contribution < 1.29 is 0 Å².